The lowest BCUT2D eigenvalue weighted by molar-refractivity contribution is -0.117. The van der Waals surface area contributed by atoms with Crippen LogP contribution in [-0.4, -0.2) is 11.9 Å². The molecule has 2 rings (SSSR count). The van der Waals surface area contributed by atoms with Crippen LogP contribution in [0.3, 0.4) is 0 Å². The van der Waals surface area contributed by atoms with Crippen molar-refractivity contribution in [2.24, 2.45) is 5.73 Å². The largest absolute Gasteiger partial charge is 0.322 e. The molecule has 2 aromatic rings. The zero-order valence-electron chi connectivity index (χ0n) is 10.6. The molecular weight excluding hydrogens is 262 g/mol. The zero-order valence-corrected chi connectivity index (χ0v) is 10.6. The summed E-state index contributed by atoms with van der Waals surface area (Å²) in [5, 5.41) is 2.29. The van der Waals surface area contributed by atoms with Crippen LogP contribution < -0.4 is 11.1 Å². The molecule has 0 aromatic heterocycles. The predicted molar refractivity (Wildman–Crippen MR) is 73.1 cm³/mol. The Morgan fingerprint density at radius 3 is 2.55 bits per heavy atom. The number of hydrogen-bond donors (Lipinski definition) is 2. The molecule has 20 heavy (non-hydrogen) atoms. The van der Waals surface area contributed by atoms with Gasteiger partial charge in [-0.2, -0.15) is 0 Å². The number of rotatable bonds is 4. The summed E-state index contributed by atoms with van der Waals surface area (Å²) in [7, 11) is 0. The third-order valence-corrected chi connectivity index (χ3v) is 2.82. The fourth-order valence-corrected chi connectivity index (χ4v) is 1.78. The Morgan fingerprint density at radius 2 is 1.85 bits per heavy atom. The molecule has 0 saturated heterocycles. The van der Waals surface area contributed by atoms with Gasteiger partial charge in [0.25, 0.3) is 0 Å². The third kappa shape index (κ3) is 3.61. The van der Waals surface area contributed by atoms with E-state index >= 15 is 0 Å². The Morgan fingerprint density at radius 1 is 1.15 bits per heavy atom. The lowest BCUT2D eigenvalue weighted by Crippen LogP contribution is -2.37. The van der Waals surface area contributed by atoms with Gasteiger partial charge in [0, 0.05) is 6.07 Å². The van der Waals surface area contributed by atoms with Crippen LogP contribution in [0.15, 0.2) is 48.5 Å². The van der Waals surface area contributed by atoms with Gasteiger partial charge < -0.3 is 11.1 Å². The fourth-order valence-electron chi connectivity index (χ4n) is 1.78. The van der Waals surface area contributed by atoms with E-state index in [1.165, 1.54) is 0 Å². The molecule has 1 amide bonds. The Kier molecular flexibility index (Phi) is 4.42. The molecular formula is C15H14F2N2O. The normalized spacial score (nSPS) is 11.9. The molecule has 0 bridgehead atoms. The van der Waals surface area contributed by atoms with Gasteiger partial charge in [-0.15, -0.1) is 0 Å². The van der Waals surface area contributed by atoms with Crippen molar-refractivity contribution in [2.75, 3.05) is 5.32 Å². The molecule has 0 unspecified atom stereocenters. The Hall–Kier alpha value is -2.27. The van der Waals surface area contributed by atoms with E-state index in [0.717, 1.165) is 23.8 Å². The summed E-state index contributed by atoms with van der Waals surface area (Å²) < 4.78 is 26.4. The first kappa shape index (κ1) is 14.1. The van der Waals surface area contributed by atoms with E-state index in [2.05, 4.69) is 5.32 Å². The Labute approximate surface area is 115 Å². The monoisotopic (exact) mass is 276 g/mol. The van der Waals surface area contributed by atoms with E-state index in [1.807, 2.05) is 30.3 Å². The summed E-state index contributed by atoms with van der Waals surface area (Å²) in [6, 6.07) is 11.2. The van der Waals surface area contributed by atoms with E-state index in [9.17, 15) is 13.6 Å². The minimum Gasteiger partial charge on any atom is -0.322 e. The topological polar surface area (TPSA) is 55.1 Å². The van der Waals surface area contributed by atoms with Gasteiger partial charge in [-0.3, -0.25) is 4.79 Å². The average molecular weight is 276 g/mol. The molecule has 3 nitrogen and oxygen atoms in total. The smallest absolute Gasteiger partial charge is 0.241 e. The van der Waals surface area contributed by atoms with Crippen LogP contribution in [0, 0.1) is 11.6 Å². The van der Waals surface area contributed by atoms with Crippen molar-refractivity contribution in [2.45, 2.75) is 12.5 Å². The highest BCUT2D eigenvalue weighted by Gasteiger charge is 2.16. The minimum absolute atomic E-state index is 0.210. The second-order valence-corrected chi connectivity index (χ2v) is 4.41. The highest BCUT2D eigenvalue weighted by molar-refractivity contribution is 5.94. The van der Waals surface area contributed by atoms with Crippen LogP contribution in [0.4, 0.5) is 14.5 Å². The van der Waals surface area contributed by atoms with Crippen molar-refractivity contribution in [3.8, 4) is 0 Å². The van der Waals surface area contributed by atoms with Gasteiger partial charge in [0.15, 0.2) is 0 Å². The van der Waals surface area contributed by atoms with Crippen molar-refractivity contribution in [1.29, 1.82) is 0 Å². The number of nitrogens with two attached hydrogens (primary N) is 1. The maximum atomic E-state index is 13.4. The average Bonchev–Trinajstić information content (AvgIpc) is 2.44. The van der Waals surface area contributed by atoms with E-state index in [-0.39, 0.29) is 5.69 Å². The molecule has 104 valence electrons. The Balaban J connectivity index is 2.02. The molecule has 0 heterocycles. The SMILES string of the molecule is N[C@H](Cc1ccccc1)C(=O)Nc1cc(F)ccc1F. The Bertz CT molecular complexity index is 602. The van der Waals surface area contributed by atoms with Gasteiger partial charge in [0.05, 0.1) is 11.7 Å². The van der Waals surface area contributed by atoms with Crippen molar-refractivity contribution in [1.82, 2.24) is 0 Å². The first-order chi connectivity index (χ1) is 9.56. The molecule has 0 spiro atoms. The summed E-state index contributed by atoms with van der Waals surface area (Å²) >= 11 is 0. The quantitative estimate of drug-likeness (QED) is 0.901. The lowest BCUT2D eigenvalue weighted by Gasteiger charge is -2.13. The van der Waals surface area contributed by atoms with Crippen molar-refractivity contribution >= 4 is 11.6 Å². The summed E-state index contributed by atoms with van der Waals surface area (Å²) in [6.07, 6.45) is 0.323. The predicted octanol–water partition coefficient (Wildman–Crippen LogP) is 2.47. The molecule has 0 radical (unpaired) electrons. The number of carbonyl (C=O) groups excluding carboxylic acids is 1. The first-order valence-electron chi connectivity index (χ1n) is 6.11. The van der Waals surface area contributed by atoms with Crippen molar-refractivity contribution in [3.05, 3.63) is 65.7 Å². The highest BCUT2D eigenvalue weighted by atomic mass is 19.1. The van der Waals surface area contributed by atoms with Gasteiger partial charge in [0.2, 0.25) is 5.91 Å². The molecule has 0 aliphatic heterocycles. The maximum absolute atomic E-state index is 13.4. The van der Waals surface area contributed by atoms with Crippen LogP contribution in [0.1, 0.15) is 5.56 Å². The number of nitrogens with one attached hydrogen (secondary N) is 1. The van der Waals surface area contributed by atoms with Crippen LogP contribution in [0.2, 0.25) is 0 Å². The second kappa shape index (κ2) is 6.25. The standard InChI is InChI=1S/C15H14F2N2O/c16-11-6-7-12(17)14(9-11)19-15(20)13(18)8-10-4-2-1-3-5-10/h1-7,9,13H,8,18H2,(H,19,20)/t13-/m1/s1. The number of anilines is 1. The fraction of sp³-hybridized carbons (Fsp3) is 0.133. The number of benzene rings is 2. The van der Waals surface area contributed by atoms with E-state index in [0.29, 0.717) is 6.42 Å². The van der Waals surface area contributed by atoms with Crippen LogP contribution in [0.5, 0.6) is 0 Å². The van der Waals surface area contributed by atoms with E-state index < -0.39 is 23.6 Å². The number of hydrogen-bond acceptors (Lipinski definition) is 2. The van der Waals surface area contributed by atoms with Gasteiger partial charge >= 0.3 is 0 Å². The number of carbonyl (C=O) groups is 1. The van der Waals surface area contributed by atoms with Crippen molar-refractivity contribution < 1.29 is 13.6 Å². The minimum atomic E-state index is -0.833. The molecule has 0 fully saturated rings. The van der Waals surface area contributed by atoms with E-state index in [4.69, 9.17) is 5.73 Å². The molecule has 0 aliphatic carbocycles. The summed E-state index contributed by atoms with van der Waals surface area (Å²) in [5.41, 5.74) is 6.45. The summed E-state index contributed by atoms with van der Waals surface area (Å²) in [6.45, 7) is 0. The second-order valence-electron chi connectivity index (χ2n) is 4.41. The van der Waals surface area contributed by atoms with Crippen LogP contribution >= 0.6 is 0 Å². The van der Waals surface area contributed by atoms with Crippen LogP contribution in [0.25, 0.3) is 0 Å². The molecule has 1 atom stereocenters. The molecule has 3 N–H and O–H groups in total. The number of halogens is 2. The van der Waals surface area contributed by atoms with Crippen LogP contribution in [-0.2, 0) is 11.2 Å². The van der Waals surface area contributed by atoms with Gasteiger partial charge in [-0.25, -0.2) is 8.78 Å². The van der Waals surface area contributed by atoms with Crippen molar-refractivity contribution in [3.63, 3.8) is 0 Å². The highest BCUT2D eigenvalue weighted by Crippen LogP contribution is 2.15. The zero-order chi connectivity index (χ0) is 14.5. The first-order valence-corrected chi connectivity index (χ1v) is 6.11. The summed E-state index contributed by atoms with van der Waals surface area (Å²) in [5.74, 6) is -1.89. The number of amides is 1. The van der Waals surface area contributed by atoms with Gasteiger partial charge in [0.1, 0.15) is 11.6 Å². The maximum Gasteiger partial charge on any atom is 0.241 e. The molecule has 2 aromatic carbocycles. The van der Waals surface area contributed by atoms with Gasteiger partial charge in [-0.1, -0.05) is 30.3 Å². The van der Waals surface area contributed by atoms with Gasteiger partial charge in [-0.05, 0) is 24.1 Å². The third-order valence-electron chi connectivity index (χ3n) is 2.82. The summed E-state index contributed by atoms with van der Waals surface area (Å²) in [4.78, 5) is 11.9. The van der Waals surface area contributed by atoms with E-state index in [1.54, 1.807) is 0 Å². The molecule has 5 heteroatoms. The molecule has 0 aliphatic rings. The lowest BCUT2D eigenvalue weighted by atomic mass is 10.1. The molecule has 0 saturated carbocycles.